The first-order valence-corrected chi connectivity index (χ1v) is 6.67. The molecule has 0 aromatic heterocycles. The molecule has 0 aliphatic rings. The molecule has 112 valence electrons. The van der Waals surface area contributed by atoms with Gasteiger partial charge in [-0.25, -0.2) is 4.79 Å². The molecule has 20 heavy (non-hydrogen) atoms. The second-order valence-corrected chi connectivity index (χ2v) is 5.56. The first-order valence-electron chi connectivity index (χ1n) is 6.67. The second-order valence-electron chi connectivity index (χ2n) is 5.56. The minimum absolute atomic E-state index is 0.407. The Labute approximate surface area is 120 Å². The van der Waals surface area contributed by atoms with E-state index in [1.807, 2.05) is 45.9 Å². The van der Waals surface area contributed by atoms with Crippen molar-refractivity contribution in [2.45, 2.75) is 33.3 Å². The highest BCUT2D eigenvalue weighted by atomic mass is 16.6. The van der Waals surface area contributed by atoms with E-state index in [1.54, 1.807) is 7.11 Å². The van der Waals surface area contributed by atoms with Gasteiger partial charge in [-0.1, -0.05) is 6.07 Å². The Balaban J connectivity index is 2.36. The van der Waals surface area contributed by atoms with Crippen molar-refractivity contribution < 1.29 is 14.3 Å². The summed E-state index contributed by atoms with van der Waals surface area (Å²) in [5, 5.41) is 5.91. The van der Waals surface area contributed by atoms with Crippen molar-refractivity contribution in [3.8, 4) is 5.75 Å². The Hall–Kier alpha value is -1.91. The number of benzene rings is 1. The summed E-state index contributed by atoms with van der Waals surface area (Å²) in [4.78, 5) is 11.5. The van der Waals surface area contributed by atoms with Gasteiger partial charge in [-0.3, -0.25) is 0 Å². The van der Waals surface area contributed by atoms with Crippen LogP contribution < -0.4 is 15.4 Å². The van der Waals surface area contributed by atoms with Crippen LogP contribution in [0.25, 0.3) is 0 Å². The molecule has 0 fully saturated rings. The van der Waals surface area contributed by atoms with Gasteiger partial charge in [0.15, 0.2) is 0 Å². The van der Waals surface area contributed by atoms with Gasteiger partial charge < -0.3 is 20.1 Å². The van der Waals surface area contributed by atoms with E-state index in [1.165, 1.54) is 0 Å². The molecule has 0 heterocycles. The van der Waals surface area contributed by atoms with Gasteiger partial charge in [-0.05, 0) is 45.4 Å². The molecule has 0 unspecified atom stereocenters. The first-order chi connectivity index (χ1) is 9.31. The molecule has 1 rings (SSSR count). The van der Waals surface area contributed by atoms with Crippen molar-refractivity contribution in [2.75, 3.05) is 25.5 Å². The summed E-state index contributed by atoms with van der Waals surface area (Å²) in [6.07, 6.45) is -0.407. The maximum Gasteiger partial charge on any atom is 0.407 e. The number of ether oxygens (including phenoxy) is 2. The maximum absolute atomic E-state index is 11.5. The largest absolute Gasteiger partial charge is 0.495 e. The van der Waals surface area contributed by atoms with E-state index in [4.69, 9.17) is 9.47 Å². The van der Waals surface area contributed by atoms with E-state index >= 15 is 0 Å². The smallest absolute Gasteiger partial charge is 0.407 e. The summed E-state index contributed by atoms with van der Waals surface area (Å²) in [6, 6.07) is 5.93. The monoisotopic (exact) mass is 280 g/mol. The number of anilines is 1. The van der Waals surface area contributed by atoms with Gasteiger partial charge in [0.05, 0.1) is 12.8 Å². The number of methoxy groups -OCH3 is 1. The third-order valence-electron chi connectivity index (χ3n) is 2.47. The molecule has 0 radical (unpaired) electrons. The summed E-state index contributed by atoms with van der Waals surface area (Å²) in [5.74, 6) is 0.794. The quantitative estimate of drug-likeness (QED) is 0.814. The third kappa shape index (κ3) is 5.82. The van der Waals surface area contributed by atoms with Crippen LogP contribution in [0, 0.1) is 6.92 Å². The average Bonchev–Trinajstić information content (AvgIpc) is 2.33. The highest BCUT2D eigenvalue weighted by Crippen LogP contribution is 2.24. The minimum atomic E-state index is -0.475. The highest BCUT2D eigenvalue weighted by Gasteiger charge is 2.15. The standard InChI is InChI=1S/C15H24N2O3/c1-11-6-7-12(13(10-11)19-5)16-8-9-17-14(18)20-15(2,3)4/h6-7,10,16H,8-9H2,1-5H3,(H,17,18). The number of hydrogen-bond acceptors (Lipinski definition) is 4. The van der Waals surface area contributed by atoms with Gasteiger partial charge in [0.1, 0.15) is 11.4 Å². The molecule has 1 aromatic rings. The lowest BCUT2D eigenvalue weighted by Crippen LogP contribution is -2.35. The Morgan fingerprint density at radius 1 is 1.25 bits per heavy atom. The van der Waals surface area contributed by atoms with Gasteiger partial charge in [0.2, 0.25) is 0 Å². The highest BCUT2D eigenvalue weighted by molar-refractivity contribution is 5.67. The lowest BCUT2D eigenvalue weighted by atomic mass is 10.2. The van der Waals surface area contributed by atoms with Crippen LogP contribution in [0.5, 0.6) is 5.75 Å². The molecule has 0 saturated heterocycles. The van der Waals surface area contributed by atoms with E-state index in [0.717, 1.165) is 17.0 Å². The van der Waals surface area contributed by atoms with E-state index in [2.05, 4.69) is 10.6 Å². The zero-order valence-corrected chi connectivity index (χ0v) is 12.9. The topological polar surface area (TPSA) is 59.6 Å². The zero-order valence-electron chi connectivity index (χ0n) is 12.9. The summed E-state index contributed by atoms with van der Waals surface area (Å²) in [7, 11) is 1.64. The fourth-order valence-corrected chi connectivity index (χ4v) is 1.62. The van der Waals surface area contributed by atoms with Crippen LogP contribution in [-0.2, 0) is 4.74 Å². The molecular formula is C15H24N2O3. The molecule has 2 N–H and O–H groups in total. The van der Waals surface area contributed by atoms with E-state index in [9.17, 15) is 4.79 Å². The number of aryl methyl sites for hydroxylation is 1. The van der Waals surface area contributed by atoms with Crippen LogP contribution in [0.2, 0.25) is 0 Å². The number of hydrogen-bond donors (Lipinski definition) is 2. The van der Waals surface area contributed by atoms with Crippen LogP contribution in [0.3, 0.4) is 0 Å². The molecule has 1 amide bonds. The van der Waals surface area contributed by atoms with Gasteiger partial charge in [-0.2, -0.15) is 0 Å². The molecule has 1 aromatic carbocycles. The van der Waals surface area contributed by atoms with Crippen LogP contribution in [0.1, 0.15) is 26.3 Å². The Kier molecular flexibility index (Phi) is 5.67. The normalized spacial score (nSPS) is 10.8. The molecule has 0 spiro atoms. The zero-order chi connectivity index (χ0) is 15.2. The van der Waals surface area contributed by atoms with Gasteiger partial charge in [-0.15, -0.1) is 0 Å². The Morgan fingerprint density at radius 3 is 2.55 bits per heavy atom. The van der Waals surface area contributed by atoms with E-state index in [-0.39, 0.29) is 0 Å². The Bertz CT molecular complexity index is 453. The maximum atomic E-state index is 11.5. The van der Waals surface area contributed by atoms with Gasteiger partial charge in [0.25, 0.3) is 0 Å². The van der Waals surface area contributed by atoms with Crippen LogP contribution in [0.15, 0.2) is 18.2 Å². The molecule has 0 aliphatic heterocycles. The number of carbonyl (C=O) groups excluding carboxylic acids is 1. The van der Waals surface area contributed by atoms with Crippen molar-refractivity contribution in [3.63, 3.8) is 0 Å². The fourth-order valence-electron chi connectivity index (χ4n) is 1.62. The molecular weight excluding hydrogens is 256 g/mol. The molecule has 0 bridgehead atoms. The number of carbonyl (C=O) groups is 1. The molecule has 0 atom stereocenters. The predicted octanol–water partition coefficient (Wildman–Crippen LogP) is 2.94. The van der Waals surface area contributed by atoms with Crippen molar-refractivity contribution in [1.29, 1.82) is 0 Å². The SMILES string of the molecule is COc1cc(C)ccc1NCCNC(=O)OC(C)(C)C. The van der Waals surface area contributed by atoms with Crippen molar-refractivity contribution in [3.05, 3.63) is 23.8 Å². The first kappa shape index (κ1) is 16.1. The van der Waals surface area contributed by atoms with E-state index < -0.39 is 11.7 Å². The fraction of sp³-hybridized carbons (Fsp3) is 0.533. The van der Waals surface area contributed by atoms with Gasteiger partial charge >= 0.3 is 6.09 Å². The summed E-state index contributed by atoms with van der Waals surface area (Å²) < 4.78 is 10.4. The second kappa shape index (κ2) is 7.03. The molecule has 5 heteroatoms. The lowest BCUT2D eigenvalue weighted by Gasteiger charge is -2.19. The van der Waals surface area contributed by atoms with Crippen LogP contribution in [-0.4, -0.2) is 31.9 Å². The van der Waals surface area contributed by atoms with Gasteiger partial charge in [0, 0.05) is 13.1 Å². The predicted molar refractivity (Wildman–Crippen MR) is 80.5 cm³/mol. The number of amides is 1. The summed E-state index contributed by atoms with van der Waals surface area (Å²) in [6.45, 7) is 8.59. The lowest BCUT2D eigenvalue weighted by molar-refractivity contribution is 0.0530. The third-order valence-corrected chi connectivity index (χ3v) is 2.47. The molecule has 0 saturated carbocycles. The number of rotatable bonds is 5. The minimum Gasteiger partial charge on any atom is -0.495 e. The molecule has 5 nitrogen and oxygen atoms in total. The molecule has 0 aliphatic carbocycles. The number of nitrogens with one attached hydrogen (secondary N) is 2. The van der Waals surface area contributed by atoms with Crippen LogP contribution >= 0.6 is 0 Å². The number of alkyl carbamates (subject to hydrolysis) is 1. The summed E-state index contributed by atoms with van der Waals surface area (Å²) in [5.41, 5.74) is 1.57. The average molecular weight is 280 g/mol. The summed E-state index contributed by atoms with van der Waals surface area (Å²) >= 11 is 0. The van der Waals surface area contributed by atoms with Crippen LogP contribution in [0.4, 0.5) is 10.5 Å². The Morgan fingerprint density at radius 2 is 1.95 bits per heavy atom. The van der Waals surface area contributed by atoms with Crippen molar-refractivity contribution >= 4 is 11.8 Å². The van der Waals surface area contributed by atoms with Crippen molar-refractivity contribution in [1.82, 2.24) is 5.32 Å². The van der Waals surface area contributed by atoms with Crippen molar-refractivity contribution in [2.24, 2.45) is 0 Å². The van der Waals surface area contributed by atoms with E-state index in [0.29, 0.717) is 13.1 Å².